The van der Waals surface area contributed by atoms with Crippen molar-refractivity contribution in [2.75, 3.05) is 0 Å². The quantitative estimate of drug-likeness (QED) is 0.0330. The summed E-state index contributed by atoms with van der Waals surface area (Å²) in [6.07, 6.45) is 71.1. The molecule has 0 radical (unpaired) electrons. The van der Waals surface area contributed by atoms with Crippen LogP contribution in [0.1, 0.15) is 457 Å². The van der Waals surface area contributed by atoms with E-state index in [0.717, 1.165) is 160 Å². The smallest absolute Gasteiger partial charge is 0.0827 e. The summed E-state index contributed by atoms with van der Waals surface area (Å²) < 4.78 is 12.5. The van der Waals surface area contributed by atoms with Crippen molar-refractivity contribution in [2.24, 2.45) is 71.0 Å². The predicted octanol–water partition coefficient (Wildman–Crippen LogP) is 28.4. The van der Waals surface area contributed by atoms with Gasteiger partial charge < -0.3 is 0 Å². The van der Waals surface area contributed by atoms with Crippen LogP contribution in [0.5, 0.6) is 0 Å². The van der Waals surface area contributed by atoms with Gasteiger partial charge in [-0.2, -0.15) is 0 Å². The Hall–Kier alpha value is -5.16. The first-order valence-corrected chi connectivity index (χ1v) is 49.8. The van der Waals surface area contributed by atoms with E-state index >= 15 is 0 Å². The largest absolute Gasteiger partial charge is 0.252 e. The summed E-state index contributed by atoms with van der Waals surface area (Å²) in [6, 6.07) is 0. The van der Waals surface area contributed by atoms with Gasteiger partial charge in [0.25, 0.3) is 0 Å². The van der Waals surface area contributed by atoms with Gasteiger partial charge >= 0.3 is 0 Å². The van der Waals surface area contributed by atoms with E-state index in [0.29, 0.717) is 0 Å². The van der Waals surface area contributed by atoms with Gasteiger partial charge in [-0.3, -0.25) is 9.36 Å². The van der Waals surface area contributed by atoms with E-state index in [9.17, 15) is 0 Å². The van der Waals surface area contributed by atoms with Crippen LogP contribution in [0, 0.1) is 71.0 Å². The van der Waals surface area contributed by atoms with Gasteiger partial charge in [-0.1, -0.05) is 364 Å². The normalized spacial score (nSPS) is 11.7. The molecule has 0 aliphatic rings. The molecule has 0 atom stereocenters. The highest BCUT2D eigenvalue weighted by molar-refractivity contribution is 4.98. The van der Waals surface area contributed by atoms with Crippen molar-refractivity contribution in [3.05, 3.63) is 71.3 Å². The fourth-order valence-corrected chi connectivity index (χ4v) is 14.4. The van der Waals surface area contributed by atoms with Crippen molar-refractivity contribution in [3.63, 3.8) is 0 Å². The third-order valence-corrected chi connectivity index (χ3v) is 22.2. The number of aromatic nitrogens is 18. The van der Waals surface area contributed by atoms with E-state index in [4.69, 9.17) is 0 Å². The molecule has 0 aliphatic heterocycles. The van der Waals surface area contributed by atoms with Crippen molar-refractivity contribution in [2.45, 2.75) is 501 Å². The molecule has 0 amide bonds. The van der Waals surface area contributed by atoms with Gasteiger partial charge in [0.2, 0.25) is 0 Å². The summed E-state index contributed by atoms with van der Waals surface area (Å²) in [5, 5.41) is 50.1. The zero-order valence-electron chi connectivity index (χ0n) is 82.2. The molecule has 0 aliphatic carbocycles. The summed E-state index contributed by atoms with van der Waals surface area (Å²) in [7, 11) is 0. The lowest BCUT2D eigenvalue weighted by molar-refractivity contribution is 0.468. The van der Waals surface area contributed by atoms with Crippen LogP contribution in [-0.4, -0.2) is 90.0 Å². The van der Waals surface area contributed by atoms with Crippen molar-refractivity contribution >= 4 is 0 Å². The lowest BCUT2D eigenvalue weighted by Gasteiger charge is -2.08. The second kappa shape index (κ2) is 73.4. The average molecular weight is 1650 g/mol. The lowest BCUT2D eigenvalue weighted by atomic mass is 10.0. The highest BCUT2D eigenvalue weighted by atomic mass is 15.4. The third-order valence-electron chi connectivity index (χ3n) is 22.2. The van der Waals surface area contributed by atoms with E-state index in [-0.39, 0.29) is 0 Å². The number of hydrogen-bond donors (Lipinski definition) is 0. The number of unbranched alkanes of at least 4 members (excludes halogenated alkanes) is 18. The van der Waals surface area contributed by atoms with Crippen LogP contribution >= 0.6 is 0 Å². The topological polar surface area (TPSA) is 184 Å². The molecule has 18 nitrogen and oxygen atoms in total. The summed E-state index contributed by atoms with van der Waals surface area (Å²) >= 11 is 0. The SMILES string of the molecule is CC(C)CCCCCCc1cnnn1CCCC(C)C.CC(C)CCCCCCc1cnnn1CCCC(C)C.CC(C)CCCCCCn1cc(CCC(C)C)nn1.CC(C)CCCCCCn1cc(CCC(C)C)nn1.CC(C)CCCCCc1cnnn1CCCCC(C)C.CC(C)CCCCCc1cnnn1CCCCC(C)C. The molecule has 0 saturated carbocycles. The molecule has 0 saturated heterocycles. The van der Waals surface area contributed by atoms with Crippen LogP contribution in [0.4, 0.5) is 0 Å². The number of nitrogens with zero attached hydrogens (tertiary/aromatic N) is 18. The van der Waals surface area contributed by atoms with Crippen LogP contribution < -0.4 is 0 Å². The van der Waals surface area contributed by atoms with Gasteiger partial charge in [-0.25, -0.2) is 18.7 Å². The van der Waals surface area contributed by atoms with Gasteiger partial charge in [-0.15, -0.1) is 30.6 Å². The molecule has 6 aromatic rings. The fraction of sp³-hybridized carbons (Fsp3) is 0.880. The summed E-state index contributed by atoms with van der Waals surface area (Å²) in [5.41, 5.74) is 7.57. The van der Waals surface area contributed by atoms with Crippen LogP contribution in [-0.2, 0) is 77.8 Å². The Kier molecular flexibility index (Phi) is 68.9. The second-order valence-electron chi connectivity index (χ2n) is 40.3. The lowest BCUT2D eigenvalue weighted by Crippen LogP contribution is -2.06. The first-order chi connectivity index (χ1) is 56.5. The van der Waals surface area contributed by atoms with Crippen molar-refractivity contribution < 1.29 is 0 Å². The Morgan fingerprint density at radius 2 is 0.373 bits per heavy atom. The molecular weight excluding hydrogens is 1450 g/mol. The molecule has 0 fully saturated rings. The van der Waals surface area contributed by atoms with Gasteiger partial charge in [0.15, 0.2) is 0 Å². The first-order valence-electron chi connectivity index (χ1n) is 49.8. The molecule has 0 aromatic carbocycles. The van der Waals surface area contributed by atoms with Gasteiger partial charge in [0, 0.05) is 51.7 Å². The number of rotatable bonds is 64. The van der Waals surface area contributed by atoms with Crippen molar-refractivity contribution in [1.82, 2.24) is 90.0 Å². The van der Waals surface area contributed by atoms with Gasteiger partial charge in [-0.05, 0) is 199 Å². The summed E-state index contributed by atoms with van der Waals surface area (Å²) in [5.74, 6) is 9.73. The summed E-state index contributed by atoms with van der Waals surface area (Å²) in [4.78, 5) is 0. The number of aryl methyl sites for hydroxylation is 12. The summed E-state index contributed by atoms with van der Waals surface area (Å²) in [6.45, 7) is 61.1. The Bertz CT molecular complexity index is 2870. The second-order valence-corrected chi connectivity index (χ2v) is 40.3. The maximum Gasteiger partial charge on any atom is 0.0827 e. The molecule has 6 rings (SSSR count). The minimum Gasteiger partial charge on any atom is -0.252 e. The minimum atomic E-state index is 0.742. The Labute approximate surface area is 729 Å². The van der Waals surface area contributed by atoms with Crippen LogP contribution in [0.3, 0.4) is 0 Å². The van der Waals surface area contributed by atoms with Crippen LogP contribution in [0.25, 0.3) is 0 Å². The molecule has 118 heavy (non-hydrogen) atoms. The van der Waals surface area contributed by atoms with E-state index in [1.807, 2.05) is 34.2 Å². The van der Waals surface area contributed by atoms with Crippen LogP contribution in [0.15, 0.2) is 37.2 Å². The minimum absolute atomic E-state index is 0.742. The van der Waals surface area contributed by atoms with Crippen molar-refractivity contribution in [3.8, 4) is 0 Å². The van der Waals surface area contributed by atoms with E-state index in [1.165, 1.54) is 280 Å². The van der Waals surface area contributed by atoms with Gasteiger partial charge in [0.1, 0.15) is 0 Å². The Morgan fingerprint density at radius 1 is 0.186 bits per heavy atom. The number of hydrogen-bond acceptors (Lipinski definition) is 12. The molecule has 684 valence electrons. The molecule has 6 heterocycles. The highest BCUT2D eigenvalue weighted by Gasteiger charge is 2.12. The zero-order valence-corrected chi connectivity index (χ0v) is 82.2. The monoisotopic (exact) mass is 1650 g/mol. The fourth-order valence-electron chi connectivity index (χ4n) is 14.4. The molecule has 0 unspecified atom stereocenters. The highest BCUT2D eigenvalue weighted by Crippen LogP contribution is 2.20. The molecule has 0 bridgehead atoms. The molecule has 6 aromatic heterocycles. The molecule has 18 heteroatoms. The predicted molar refractivity (Wildman–Crippen MR) is 505 cm³/mol. The molecular formula is C100H194N18. The standard InChI is InChI=1S/4C17H33N3.2C16H31N3/c2*1-15(2)10-6-5-7-12-17-14-18-19-20(17)13-9-8-11-16(3)4;2*1-15(2)10-7-5-6-8-12-17-14-18-19-20(17)13-9-11-16(3)4;2*1-14(2)9-7-5-6-8-12-19-13-16(17-18-19)11-10-15(3)4/h4*14-16H,5-13H2,1-4H3;2*13-15H,5-12H2,1-4H3. The zero-order chi connectivity index (χ0) is 87.4. The maximum atomic E-state index is 4.24. The van der Waals surface area contributed by atoms with Gasteiger partial charge in [0.05, 0.1) is 59.0 Å². The van der Waals surface area contributed by atoms with Crippen molar-refractivity contribution in [1.29, 1.82) is 0 Å². The van der Waals surface area contributed by atoms with E-state index < -0.39 is 0 Å². The molecule has 0 N–H and O–H groups in total. The average Bonchev–Trinajstić information content (AvgIpc) is 1.84. The third kappa shape index (κ3) is 67.4. The van der Waals surface area contributed by atoms with E-state index in [1.54, 1.807) is 0 Å². The van der Waals surface area contributed by atoms with Crippen LogP contribution in [0.2, 0.25) is 0 Å². The first kappa shape index (κ1) is 111. The Morgan fingerprint density at radius 3 is 0.610 bits per heavy atom. The maximum absolute atomic E-state index is 4.24. The van der Waals surface area contributed by atoms with E-state index in [2.05, 4.69) is 259 Å². The molecule has 0 spiro atoms. The Balaban J connectivity index is 0.000000708.